The molecule has 0 amide bonds. The summed E-state index contributed by atoms with van der Waals surface area (Å²) in [4.78, 5) is 27.0. The predicted octanol–water partition coefficient (Wildman–Crippen LogP) is 0.896. The molecule has 1 aliphatic rings. The molecule has 1 atom stereocenters. The molecule has 2 rings (SSSR count). The Labute approximate surface area is 132 Å². The Morgan fingerprint density at radius 2 is 2.30 bits per heavy atom. The summed E-state index contributed by atoms with van der Waals surface area (Å²) in [5.74, 6) is 5.10. The van der Waals surface area contributed by atoms with E-state index in [1.54, 1.807) is 26.0 Å². The molecule has 122 valence electrons. The fourth-order valence-corrected chi connectivity index (χ4v) is 2.27. The Hall–Kier alpha value is -2.94. The molecule has 0 fully saturated rings. The van der Waals surface area contributed by atoms with Gasteiger partial charge in [0.2, 0.25) is 5.96 Å². The maximum absolute atomic E-state index is 12.2. The average molecular weight is 319 g/mol. The van der Waals surface area contributed by atoms with Crippen LogP contribution in [-0.2, 0) is 9.53 Å². The van der Waals surface area contributed by atoms with E-state index in [2.05, 4.69) is 15.7 Å². The first kappa shape index (κ1) is 16.4. The average Bonchev–Trinajstić information content (AvgIpc) is 2.54. The van der Waals surface area contributed by atoms with Crippen molar-refractivity contribution in [3.8, 4) is 0 Å². The van der Waals surface area contributed by atoms with Crippen LogP contribution in [0, 0.1) is 10.1 Å². The summed E-state index contributed by atoms with van der Waals surface area (Å²) in [7, 11) is 0. The number of guanidine groups is 1. The molecule has 0 saturated carbocycles. The number of nitrogens with one attached hydrogen (secondary N) is 2. The number of ether oxygens (including phenoxy) is 1. The van der Waals surface area contributed by atoms with Gasteiger partial charge in [0.05, 0.1) is 17.1 Å². The van der Waals surface area contributed by atoms with Gasteiger partial charge in [-0.25, -0.2) is 15.6 Å². The number of esters is 1. The zero-order valence-electron chi connectivity index (χ0n) is 12.7. The number of non-ortho nitro benzene ring substituents is 1. The van der Waals surface area contributed by atoms with Gasteiger partial charge in [-0.05, 0) is 19.4 Å². The molecule has 9 heteroatoms. The van der Waals surface area contributed by atoms with Crippen LogP contribution in [0.2, 0.25) is 0 Å². The van der Waals surface area contributed by atoms with E-state index in [0.29, 0.717) is 11.3 Å². The van der Waals surface area contributed by atoms with Crippen molar-refractivity contribution in [2.75, 3.05) is 6.61 Å². The summed E-state index contributed by atoms with van der Waals surface area (Å²) >= 11 is 0. The number of hydrazine groups is 1. The molecule has 1 aromatic rings. The third-order valence-electron chi connectivity index (χ3n) is 3.27. The van der Waals surface area contributed by atoms with Crippen LogP contribution in [0.15, 0.2) is 40.5 Å². The molecule has 9 nitrogen and oxygen atoms in total. The molecule has 4 N–H and O–H groups in total. The second kappa shape index (κ2) is 6.88. The Balaban J connectivity index is 2.51. The lowest BCUT2D eigenvalue weighted by atomic mass is 9.96. The first-order chi connectivity index (χ1) is 11.0. The quantitative estimate of drug-likeness (QED) is 0.325. The van der Waals surface area contributed by atoms with Crippen molar-refractivity contribution >= 4 is 17.6 Å². The number of carbonyl (C=O) groups excluding carboxylic acids is 1. The standard InChI is InChI=1S/C14H17N5O4/c1-3-23-13(20)11-8(2)16-14(18-15)17-12(11)9-5-4-6-10(7-9)19(21)22/h4-7,12H,3,15H2,1-2H3,(H2,16,17,18)/t12-/m0/s1. The van der Waals surface area contributed by atoms with Crippen molar-refractivity contribution in [3.63, 3.8) is 0 Å². The molecule has 23 heavy (non-hydrogen) atoms. The minimum atomic E-state index is -0.749. The second-order valence-electron chi connectivity index (χ2n) is 4.76. The topological polar surface area (TPSA) is 132 Å². The lowest BCUT2D eigenvalue weighted by molar-refractivity contribution is -0.384. The zero-order chi connectivity index (χ0) is 17.0. The minimum absolute atomic E-state index is 0.0839. The van der Waals surface area contributed by atoms with Gasteiger partial charge in [0.1, 0.15) is 6.04 Å². The first-order valence-corrected chi connectivity index (χ1v) is 6.91. The largest absolute Gasteiger partial charge is 0.463 e. The van der Waals surface area contributed by atoms with Crippen LogP contribution in [-0.4, -0.2) is 23.5 Å². The summed E-state index contributed by atoms with van der Waals surface area (Å²) < 4.78 is 5.06. The third kappa shape index (κ3) is 3.46. The minimum Gasteiger partial charge on any atom is -0.463 e. The summed E-state index contributed by atoms with van der Waals surface area (Å²) in [6.45, 7) is 3.59. The maximum Gasteiger partial charge on any atom is 0.338 e. The number of hydrogen-bond donors (Lipinski definition) is 3. The summed E-state index contributed by atoms with van der Waals surface area (Å²) in [6.07, 6.45) is 0. The fourth-order valence-electron chi connectivity index (χ4n) is 2.27. The van der Waals surface area contributed by atoms with Crippen molar-refractivity contribution in [2.24, 2.45) is 10.8 Å². The van der Waals surface area contributed by atoms with Crippen LogP contribution in [0.4, 0.5) is 5.69 Å². The van der Waals surface area contributed by atoms with Gasteiger partial charge in [0.25, 0.3) is 5.69 Å². The Morgan fingerprint density at radius 1 is 1.57 bits per heavy atom. The van der Waals surface area contributed by atoms with Gasteiger partial charge in [-0.15, -0.1) is 0 Å². The van der Waals surface area contributed by atoms with E-state index in [-0.39, 0.29) is 23.8 Å². The van der Waals surface area contributed by atoms with Gasteiger partial charge in [-0.3, -0.25) is 15.5 Å². The number of hydrogen-bond acceptors (Lipinski definition) is 8. The van der Waals surface area contributed by atoms with Crippen LogP contribution >= 0.6 is 0 Å². The molecule has 0 radical (unpaired) electrons. The van der Waals surface area contributed by atoms with Crippen molar-refractivity contribution in [1.29, 1.82) is 0 Å². The van der Waals surface area contributed by atoms with E-state index in [1.165, 1.54) is 12.1 Å². The first-order valence-electron chi connectivity index (χ1n) is 6.91. The SMILES string of the molecule is CCOC(=O)C1=C(C)NC(NN)=N[C@H]1c1cccc([N+](=O)[O-])c1. The molecule has 0 unspecified atom stereocenters. The highest BCUT2D eigenvalue weighted by atomic mass is 16.6. The number of nitrogens with zero attached hydrogens (tertiary/aromatic N) is 2. The van der Waals surface area contributed by atoms with Crippen molar-refractivity contribution in [2.45, 2.75) is 19.9 Å². The number of rotatable bonds is 4. The van der Waals surface area contributed by atoms with E-state index in [0.717, 1.165) is 0 Å². The van der Waals surface area contributed by atoms with Crippen LogP contribution in [0.5, 0.6) is 0 Å². The number of nitro benzene ring substituents is 1. The highest BCUT2D eigenvalue weighted by Gasteiger charge is 2.30. The highest BCUT2D eigenvalue weighted by Crippen LogP contribution is 2.32. The van der Waals surface area contributed by atoms with Crippen LogP contribution in [0.25, 0.3) is 0 Å². The summed E-state index contributed by atoms with van der Waals surface area (Å²) in [6, 6.07) is 5.20. The number of nitrogens with two attached hydrogens (primary N) is 1. The molecule has 0 aromatic heterocycles. The third-order valence-corrected chi connectivity index (χ3v) is 3.27. The normalized spacial score (nSPS) is 17.2. The van der Waals surface area contributed by atoms with Crippen LogP contribution in [0.1, 0.15) is 25.5 Å². The van der Waals surface area contributed by atoms with Crippen molar-refractivity contribution in [3.05, 3.63) is 51.2 Å². The van der Waals surface area contributed by atoms with Gasteiger partial charge in [-0.1, -0.05) is 12.1 Å². The van der Waals surface area contributed by atoms with E-state index < -0.39 is 16.9 Å². The Kier molecular flexibility index (Phi) is 4.91. The fraction of sp³-hybridized carbons (Fsp3) is 0.286. The predicted molar refractivity (Wildman–Crippen MR) is 83.1 cm³/mol. The van der Waals surface area contributed by atoms with E-state index in [4.69, 9.17) is 10.6 Å². The summed E-state index contributed by atoms with van der Waals surface area (Å²) in [5.41, 5.74) is 3.59. The van der Waals surface area contributed by atoms with Gasteiger partial charge in [0, 0.05) is 17.8 Å². The number of carbonyl (C=O) groups is 1. The van der Waals surface area contributed by atoms with Gasteiger partial charge < -0.3 is 10.1 Å². The molecular weight excluding hydrogens is 302 g/mol. The Bertz CT molecular complexity index is 698. The lowest BCUT2D eigenvalue weighted by Crippen LogP contribution is -2.44. The summed E-state index contributed by atoms with van der Waals surface area (Å²) in [5, 5.41) is 13.8. The molecule has 0 aliphatic carbocycles. The smallest absolute Gasteiger partial charge is 0.338 e. The zero-order valence-corrected chi connectivity index (χ0v) is 12.7. The monoisotopic (exact) mass is 319 g/mol. The Morgan fingerprint density at radius 3 is 2.91 bits per heavy atom. The van der Waals surface area contributed by atoms with Crippen molar-refractivity contribution in [1.82, 2.24) is 10.7 Å². The maximum atomic E-state index is 12.2. The van der Waals surface area contributed by atoms with Gasteiger partial charge in [-0.2, -0.15) is 0 Å². The van der Waals surface area contributed by atoms with Crippen molar-refractivity contribution < 1.29 is 14.5 Å². The number of benzene rings is 1. The number of aliphatic imine (C=N–C) groups is 1. The number of allylic oxidation sites excluding steroid dienone is 1. The van der Waals surface area contributed by atoms with E-state index in [9.17, 15) is 14.9 Å². The molecule has 1 aliphatic heterocycles. The molecule has 1 aromatic carbocycles. The molecule has 0 saturated heterocycles. The van der Waals surface area contributed by atoms with Gasteiger partial charge in [0.15, 0.2) is 0 Å². The molecular formula is C14H17N5O4. The van der Waals surface area contributed by atoms with Crippen LogP contribution < -0.4 is 16.6 Å². The molecule has 0 bridgehead atoms. The number of nitro groups is 1. The molecule has 0 spiro atoms. The second-order valence-corrected chi connectivity index (χ2v) is 4.76. The van der Waals surface area contributed by atoms with Gasteiger partial charge >= 0.3 is 5.97 Å². The van der Waals surface area contributed by atoms with E-state index >= 15 is 0 Å². The molecule has 1 heterocycles. The van der Waals surface area contributed by atoms with Crippen LogP contribution in [0.3, 0.4) is 0 Å². The van der Waals surface area contributed by atoms with E-state index in [1.807, 2.05) is 0 Å². The lowest BCUT2D eigenvalue weighted by Gasteiger charge is -2.25. The highest BCUT2D eigenvalue weighted by molar-refractivity contribution is 5.95.